The van der Waals surface area contributed by atoms with Crippen LogP contribution in [-0.2, 0) is 4.79 Å². The Balaban J connectivity index is 2.14. The largest absolute Gasteiger partial charge is 0.481 e. The number of aliphatic carboxylic acids is 1. The van der Waals surface area contributed by atoms with Gasteiger partial charge in [0.15, 0.2) is 0 Å². The molecule has 0 aromatic heterocycles. The molecule has 0 heterocycles. The van der Waals surface area contributed by atoms with Crippen molar-refractivity contribution in [2.75, 3.05) is 5.73 Å². The molecule has 1 unspecified atom stereocenters. The highest BCUT2D eigenvalue weighted by atomic mass is 32.2. The van der Waals surface area contributed by atoms with Crippen LogP contribution in [-0.4, -0.2) is 11.1 Å². The van der Waals surface area contributed by atoms with E-state index in [9.17, 15) is 4.79 Å². The number of benzene rings is 2. The maximum Gasteiger partial charge on any atom is 0.310 e. The Labute approximate surface area is 122 Å². The monoisotopic (exact) mass is 287 g/mol. The van der Waals surface area contributed by atoms with Gasteiger partial charge < -0.3 is 10.8 Å². The highest BCUT2D eigenvalue weighted by Gasteiger charge is 2.16. The van der Waals surface area contributed by atoms with E-state index in [1.165, 1.54) is 0 Å². The second kappa shape index (κ2) is 6.48. The molecule has 3 N–H and O–H groups in total. The Morgan fingerprint density at radius 2 is 1.90 bits per heavy atom. The fourth-order valence-electron chi connectivity index (χ4n) is 2.04. The van der Waals surface area contributed by atoms with Crippen molar-refractivity contribution in [1.29, 1.82) is 0 Å². The van der Waals surface area contributed by atoms with Gasteiger partial charge in [0.25, 0.3) is 0 Å². The average molecular weight is 287 g/mol. The summed E-state index contributed by atoms with van der Waals surface area (Å²) >= 11 is 1.61. The maximum absolute atomic E-state index is 11.1. The highest BCUT2D eigenvalue weighted by Crippen LogP contribution is 2.30. The van der Waals surface area contributed by atoms with Gasteiger partial charge in [-0.2, -0.15) is 0 Å². The first-order valence-corrected chi connectivity index (χ1v) is 7.28. The third kappa shape index (κ3) is 3.54. The van der Waals surface area contributed by atoms with Crippen molar-refractivity contribution in [3.8, 4) is 0 Å². The van der Waals surface area contributed by atoms with E-state index in [1.54, 1.807) is 11.8 Å². The quantitative estimate of drug-likeness (QED) is 0.816. The zero-order valence-electron chi connectivity index (χ0n) is 11.2. The summed E-state index contributed by atoms with van der Waals surface area (Å²) in [4.78, 5) is 13.3. The molecule has 0 aliphatic heterocycles. The summed E-state index contributed by atoms with van der Waals surface area (Å²) in [5.74, 6) is -1.20. The SMILES string of the molecule is CCC(C(=O)O)c1ccc(Sc2cccc(N)c2)cc1. The molecule has 1 atom stereocenters. The minimum absolute atomic E-state index is 0.429. The lowest BCUT2D eigenvalue weighted by Gasteiger charge is -2.10. The molecule has 0 fully saturated rings. The first kappa shape index (κ1) is 14.5. The first-order valence-electron chi connectivity index (χ1n) is 6.46. The molecule has 0 aliphatic carbocycles. The van der Waals surface area contributed by atoms with Gasteiger partial charge in [-0.25, -0.2) is 0 Å². The summed E-state index contributed by atoms with van der Waals surface area (Å²) in [6.45, 7) is 1.88. The molecule has 2 rings (SSSR count). The molecule has 0 amide bonds. The summed E-state index contributed by atoms with van der Waals surface area (Å²) in [6.07, 6.45) is 0.594. The van der Waals surface area contributed by atoms with Crippen molar-refractivity contribution in [3.63, 3.8) is 0 Å². The lowest BCUT2D eigenvalue weighted by molar-refractivity contribution is -0.138. The highest BCUT2D eigenvalue weighted by molar-refractivity contribution is 7.99. The summed E-state index contributed by atoms with van der Waals surface area (Å²) in [6, 6.07) is 15.4. The van der Waals surface area contributed by atoms with Gasteiger partial charge in [-0.05, 0) is 42.3 Å². The van der Waals surface area contributed by atoms with Crippen molar-refractivity contribution in [2.24, 2.45) is 0 Å². The molecule has 2 aromatic rings. The van der Waals surface area contributed by atoms with Gasteiger partial charge in [0.05, 0.1) is 5.92 Å². The van der Waals surface area contributed by atoms with Gasteiger partial charge in [0.1, 0.15) is 0 Å². The summed E-state index contributed by atoms with van der Waals surface area (Å²) in [7, 11) is 0. The second-order valence-corrected chi connectivity index (χ2v) is 5.69. The van der Waals surface area contributed by atoms with Crippen molar-refractivity contribution in [2.45, 2.75) is 29.1 Å². The van der Waals surface area contributed by atoms with Crippen LogP contribution < -0.4 is 5.73 Å². The predicted octanol–water partition coefficient (Wildman–Crippen LogP) is 4.00. The Morgan fingerprint density at radius 3 is 2.45 bits per heavy atom. The van der Waals surface area contributed by atoms with E-state index >= 15 is 0 Å². The number of carbonyl (C=O) groups is 1. The van der Waals surface area contributed by atoms with Crippen molar-refractivity contribution >= 4 is 23.4 Å². The van der Waals surface area contributed by atoms with Crippen LogP contribution >= 0.6 is 11.8 Å². The number of hydrogen-bond donors (Lipinski definition) is 2. The van der Waals surface area contributed by atoms with Gasteiger partial charge in [-0.15, -0.1) is 0 Å². The predicted molar refractivity (Wildman–Crippen MR) is 82.1 cm³/mol. The van der Waals surface area contributed by atoms with Crippen molar-refractivity contribution < 1.29 is 9.90 Å². The van der Waals surface area contributed by atoms with Gasteiger partial charge >= 0.3 is 5.97 Å². The normalized spacial score (nSPS) is 12.1. The topological polar surface area (TPSA) is 63.3 Å². The zero-order valence-corrected chi connectivity index (χ0v) is 12.1. The minimum atomic E-state index is -0.774. The third-order valence-electron chi connectivity index (χ3n) is 3.08. The Morgan fingerprint density at radius 1 is 1.20 bits per heavy atom. The van der Waals surface area contributed by atoms with Gasteiger partial charge in [-0.1, -0.05) is 36.9 Å². The molecule has 0 saturated heterocycles. The van der Waals surface area contributed by atoms with E-state index in [-0.39, 0.29) is 0 Å². The zero-order chi connectivity index (χ0) is 14.5. The average Bonchev–Trinajstić information content (AvgIpc) is 2.41. The summed E-state index contributed by atoms with van der Waals surface area (Å²) < 4.78 is 0. The smallest absolute Gasteiger partial charge is 0.310 e. The van der Waals surface area contributed by atoms with E-state index in [1.807, 2.05) is 55.5 Å². The fraction of sp³-hybridized carbons (Fsp3) is 0.188. The number of carboxylic acids is 1. The Bertz CT molecular complexity index is 596. The van der Waals surface area contributed by atoms with Crippen LogP contribution in [0.4, 0.5) is 5.69 Å². The number of anilines is 1. The minimum Gasteiger partial charge on any atom is -0.481 e. The lowest BCUT2D eigenvalue weighted by Crippen LogP contribution is -2.10. The van der Waals surface area contributed by atoms with Crippen molar-refractivity contribution in [3.05, 3.63) is 54.1 Å². The molecule has 0 aliphatic rings. The third-order valence-corrected chi connectivity index (χ3v) is 4.08. The van der Waals surface area contributed by atoms with E-state index in [0.717, 1.165) is 21.0 Å². The molecule has 0 saturated carbocycles. The molecule has 20 heavy (non-hydrogen) atoms. The molecular formula is C16H17NO2S. The van der Waals surface area contributed by atoms with Gasteiger partial charge in [0.2, 0.25) is 0 Å². The first-order chi connectivity index (χ1) is 9.60. The van der Waals surface area contributed by atoms with Crippen LogP contribution in [0, 0.1) is 0 Å². The molecule has 0 bridgehead atoms. The van der Waals surface area contributed by atoms with E-state index in [0.29, 0.717) is 6.42 Å². The lowest BCUT2D eigenvalue weighted by atomic mass is 9.97. The molecule has 4 heteroatoms. The summed E-state index contributed by atoms with van der Waals surface area (Å²) in [5.41, 5.74) is 7.33. The van der Waals surface area contributed by atoms with Gasteiger partial charge in [-0.3, -0.25) is 4.79 Å². The van der Waals surface area contributed by atoms with Crippen LogP contribution in [0.5, 0.6) is 0 Å². The molecule has 0 spiro atoms. The van der Waals surface area contributed by atoms with Crippen LogP contribution in [0.15, 0.2) is 58.3 Å². The van der Waals surface area contributed by atoms with Gasteiger partial charge in [0, 0.05) is 15.5 Å². The van der Waals surface area contributed by atoms with Crippen LogP contribution in [0.3, 0.4) is 0 Å². The maximum atomic E-state index is 11.1. The van der Waals surface area contributed by atoms with Crippen LogP contribution in [0.25, 0.3) is 0 Å². The van der Waals surface area contributed by atoms with Crippen LogP contribution in [0.1, 0.15) is 24.8 Å². The number of rotatable bonds is 5. The molecular weight excluding hydrogens is 270 g/mol. The number of hydrogen-bond acceptors (Lipinski definition) is 3. The van der Waals surface area contributed by atoms with E-state index in [2.05, 4.69) is 0 Å². The summed E-state index contributed by atoms with van der Waals surface area (Å²) in [5, 5.41) is 9.14. The van der Waals surface area contributed by atoms with E-state index < -0.39 is 11.9 Å². The molecule has 2 aromatic carbocycles. The van der Waals surface area contributed by atoms with E-state index in [4.69, 9.17) is 10.8 Å². The number of carboxylic acid groups (broad SMARTS) is 1. The Hall–Kier alpha value is -1.94. The second-order valence-electron chi connectivity index (χ2n) is 4.54. The van der Waals surface area contributed by atoms with Crippen molar-refractivity contribution in [1.82, 2.24) is 0 Å². The molecule has 3 nitrogen and oxygen atoms in total. The standard InChI is InChI=1S/C16H17NO2S/c1-2-15(16(18)19)11-6-8-13(9-7-11)20-14-5-3-4-12(17)10-14/h3-10,15H,2,17H2,1H3,(H,18,19). The molecule has 0 radical (unpaired) electrons. The molecule has 104 valence electrons. The number of nitrogen functional groups attached to an aromatic ring is 1. The fourth-order valence-corrected chi connectivity index (χ4v) is 2.92. The Kier molecular flexibility index (Phi) is 4.69. The van der Waals surface area contributed by atoms with Crippen LogP contribution in [0.2, 0.25) is 0 Å². The number of nitrogens with two attached hydrogens (primary N) is 1.